The van der Waals surface area contributed by atoms with Crippen molar-refractivity contribution in [2.75, 3.05) is 18.8 Å². The van der Waals surface area contributed by atoms with Gasteiger partial charge in [-0.05, 0) is 31.5 Å². The summed E-state index contributed by atoms with van der Waals surface area (Å²) < 4.78 is 0. The van der Waals surface area contributed by atoms with Crippen LogP contribution in [0.2, 0.25) is 0 Å². The van der Waals surface area contributed by atoms with E-state index in [0.29, 0.717) is 5.82 Å². The first-order valence-corrected chi connectivity index (χ1v) is 7.59. The molecule has 0 unspecified atom stereocenters. The van der Waals surface area contributed by atoms with Crippen LogP contribution in [-0.2, 0) is 0 Å². The first-order valence-electron chi connectivity index (χ1n) is 7.59. The van der Waals surface area contributed by atoms with E-state index in [0.717, 1.165) is 53.8 Å². The molecule has 2 rings (SSSR count). The molecular weight excluding hydrogens is 260 g/mol. The number of aryl methyl sites for hydroxylation is 1. The van der Waals surface area contributed by atoms with Crippen LogP contribution in [0.4, 0.5) is 11.5 Å². The highest BCUT2D eigenvalue weighted by Crippen LogP contribution is 2.31. The van der Waals surface area contributed by atoms with Crippen molar-refractivity contribution in [2.45, 2.75) is 33.6 Å². The van der Waals surface area contributed by atoms with Gasteiger partial charge in [0.25, 0.3) is 0 Å². The Labute approximate surface area is 126 Å². The van der Waals surface area contributed by atoms with Crippen molar-refractivity contribution in [3.8, 4) is 0 Å². The fraction of sp³-hybridized carbons (Fsp3) is 0.412. The predicted octanol–water partition coefficient (Wildman–Crippen LogP) is 3.61. The topological polar surface area (TPSA) is 63.3 Å². The van der Waals surface area contributed by atoms with Crippen LogP contribution in [-0.4, -0.2) is 23.8 Å². The standard InChI is InChI=1S/C17H24N4/c1-4-8-13(11-19-5-2)20-16-12(3)14-9-6-7-10-15(14)21-17(16)18/h6-7,9-10,19H,4-5,8,11H2,1-3H3,(H2,18,21). The van der Waals surface area contributed by atoms with Gasteiger partial charge in [0.05, 0.1) is 5.52 Å². The number of nitrogens with two attached hydrogens (primary N) is 1. The molecule has 0 aliphatic heterocycles. The first-order chi connectivity index (χ1) is 10.2. The van der Waals surface area contributed by atoms with Crippen LogP contribution < -0.4 is 11.1 Å². The van der Waals surface area contributed by atoms with E-state index in [4.69, 9.17) is 10.7 Å². The molecule has 0 bridgehead atoms. The van der Waals surface area contributed by atoms with E-state index in [9.17, 15) is 0 Å². The molecule has 2 aromatic rings. The molecule has 0 aliphatic rings. The summed E-state index contributed by atoms with van der Waals surface area (Å²) in [6, 6.07) is 8.05. The number of benzene rings is 1. The average Bonchev–Trinajstić information content (AvgIpc) is 2.49. The van der Waals surface area contributed by atoms with Crippen LogP contribution in [0.3, 0.4) is 0 Å². The van der Waals surface area contributed by atoms with Crippen LogP contribution in [0.15, 0.2) is 29.3 Å². The van der Waals surface area contributed by atoms with E-state index < -0.39 is 0 Å². The summed E-state index contributed by atoms with van der Waals surface area (Å²) in [6.45, 7) is 8.07. The molecule has 0 amide bonds. The van der Waals surface area contributed by atoms with Crippen molar-refractivity contribution < 1.29 is 0 Å². The number of aromatic nitrogens is 1. The van der Waals surface area contributed by atoms with Crippen LogP contribution in [0, 0.1) is 6.92 Å². The fourth-order valence-electron chi connectivity index (χ4n) is 2.43. The average molecular weight is 284 g/mol. The molecule has 0 spiro atoms. The molecule has 1 aromatic carbocycles. The van der Waals surface area contributed by atoms with Gasteiger partial charge in [0.2, 0.25) is 0 Å². The SMILES string of the molecule is CCCC(CNCC)=Nc1c(N)nc2ccccc2c1C. The van der Waals surface area contributed by atoms with E-state index in [1.807, 2.05) is 18.2 Å². The second kappa shape index (κ2) is 7.18. The normalized spacial score (nSPS) is 12.0. The lowest BCUT2D eigenvalue weighted by Crippen LogP contribution is -2.22. The molecule has 0 aliphatic carbocycles. The van der Waals surface area contributed by atoms with Gasteiger partial charge in [-0.2, -0.15) is 0 Å². The zero-order valence-corrected chi connectivity index (χ0v) is 13.1. The summed E-state index contributed by atoms with van der Waals surface area (Å²) >= 11 is 0. The Kier molecular flexibility index (Phi) is 5.28. The second-order valence-corrected chi connectivity index (χ2v) is 5.20. The molecule has 0 atom stereocenters. The number of hydrogen-bond acceptors (Lipinski definition) is 4. The van der Waals surface area contributed by atoms with E-state index >= 15 is 0 Å². The highest BCUT2D eigenvalue weighted by molar-refractivity contribution is 5.94. The quantitative estimate of drug-likeness (QED) is 0.796. The van der Waals surface area contributed by atoms with Gasteiger partial charge in [0, 0.05) is 17.6 Å². The zero-order valence-electron chi connectivity index (χ0n) is 13.1. The van der Waals surface area contributed by atoms with Gasteiger partial charge in [-0.3, -0.25) is 4.99 Å². The van der Waals surface area contributed by atoms with E-state index in [1.165, 1.54) is 0 Å². The minimum Gasteiger partial charge on any atom is -0.382 e. The Morgan fingerprint density at radius 1 is 1.29 bits per heavy atom. The minimum absolute atomic E-state index is 0.510. The van der Waals surface area contributed by atoms with Gasteiger partial charge in [-0.1, -0.05) is 38.5 Å². The first kappa shape index (κ1) is 15.4. The molecule has 112 valence electrons. The monoisotopic (exact) mass is 284 g/mol. The zero-order chi connectivity index (χ0) is 15.2. The molecule has 21 heavy (non-hydrogen) atoms. The minimum atomic E-state index is 0.510. The van der Waals surface area contributed by atoms with Gasteiger partial charge in [0.15, 0.2) is 0 Å². The molecule has 0 fully saturated rings. The van der Waals surface area contributed by atoms with Crippen molar-refractivity contribution in [3.05, 3.63) is 29.8 Å². The van der Waals surface area contributed by atoms with Gasteiger partial charge in [0.1, 0.15) is 11.5 Å². The molecule has 3 N–H and O–H groups in total. The van der Waals surface area contributed by atoms with Gasteiger partial charge < -0.3 is 11.1 Å². The van der Waals surface area contributed by atoms with Crippen LogP contribution in [0.5, 0.6) is 0 Å². The molecule has 0 saturated carbocycles. The highest BCUT2D eigenvalue weighted by Gasteiger charge is 2.10. The lowest BCUT2D eigenvalue weighted by Gasteiger charge is -2.11. The predicted molar refractivity (Wildman–Crippen MR) is 91.4 cm³/mol. The number of aliphatic imine (C=N–C) groups is 1. The maximum Gasteiger partial charge on any atom is 0.150 e. The fourth-order valence-corrected chi connectivity index (χ4v) is 2.43. The van der Waals surface area contributed by atoms with Crippen molar-refractivity contribution in [1.29, 1.82) is 0 Å². The Morgan fingerprint density at radius 2 is 2.05 bits per heavy atom. The molecule has 4 heteroatoms. The number of para-hydroxylation sites is 1. The van der Waals surface area contributed by atoms with Gasteiger partial charge >= 0.3 is 0 Å². The smallest absolute Gasteiger partial charge is 0.150 e. The second-order valence-electron chi connectivity index (χ2n) is 5.20. The van der Waals surface area contributed by atoms with Crippen LogP contribution in [0.1, 0.15) is 32.3 Å². The summed E-state index contributed by atoms with van der Waals surface area (Å²) in [5, 5.41) is 4.45. The summed E-state index contributed by atoms with van der Waals surface area (Å²) in [5.41, 5.74) is 10.1. The van der Waals surface area contributed by atoms with Crippen molar-refractivity contribution in [3.63, 3.8) is 0 Å². The lowest BCUT2D eigenvalue weighted by molar-refractivity contribution is 0.801. The number of hydrogen-bond donors (Lipinski definition) is 2. The van der Waals surface area contributed by atoms with Gasteiger partial charge in [-0.15, -0.1) is 0 Å². The largest absolute Gasteiger partial charge is 0.382 e. The van der Waals surface area contributed by atoms with Crippen LogP contribution >= 0.6 is 0 Å². The van der Waals surface area contributed by atoms with E-state index in [1.54, 1.807) is 0 Å². The molecule has 1 aromatic heterocycles. The third-order valence-corrected chi connectivity index (χ3v) is 3.53. The van der Waals surface area contributed by atoms with Gasteiger partial charge in [-0.25, -0.2) is 4.98 Å². The summed E-state index contributed by atoms with van der Waals surface area (Å²) in [6.07, 6.45) is 2.04. The maximum atomic E-state index is 6.12. The third-order valence-electron chi connectivity index (χ3n) is 3.53. The van der Waals surface area contributed by atoms with Crippen molar-refractivity contribution >= 4 is 28.1 Å². The number of anilines is 1. The Hall–Kier alpha value is -1.94. The number of pyridine rings is 1. The number of nitrogen functional groups attached to an aromatic ring is 1. The van der Waals surface area contributed by atoms with Crippen LogP contribution in [0.25, 0.3) is 10.9 Å². The number of rotatable bonds is 6. The Bertz CT molecular complexity index is 647. The highest BCUT2D eigenvalue weighted by atomic mass is 14.9. The third kappa shape index (κ3) is 3.58. The van der Waals surface area contributed by atoms with Crippen molar-refractivity contribution in [1.82, 2.24) is 10.3 Å². The Morgan fingerprint density at radius 3 is 2.76 bits per heavy atom. The maximum absolute atomic E-state index is 6.12. The Balaban J connectivity index is 2.48. The number of fused-ring (bicyclic) bond motifs is 1. The molecule has 4 nitrogen and oxygen atoms in total. The van der Waals surface area contributed by atoms with Crippen molar-refractivity contribution in [2.24, 2.45) is 4.99 Å². The molecule has 0 radical (unpaired) electrons. The lowest BCUT2D eigenvalue weighted by atomic mass is 10.1. The number of nitrogens with one attached hydrogen (secondary N) is 1. The summed E-state index contributed by atoms with van der Waals surface area (Å²) in [7, 11) is 0. The van der Waals surface area contributed by atoms with E-state index in [-0.39, 0.29) is 0 Å². The molecule has 0 saturated heterocycles. The number of nitrogens with zero attached hydrogens (tertiary/aromatic N) is 2. The summed E-state index contributed by atoms with van der Waals surface area (Å²) in [4.78, 5) is 9.28. The molecular formula is C17H24N4. The summed E-state index contributed by atoms with van der Waals surface area (Å²) in [5.74, 6) is 0.510. The molecule has 1 heterocycles. The van der Waals surface area contributed by atoms with E-state index in [2.05, 4.69) is 37.1 Å².